The van der Waals surface area contributed by atoms with E-state index in [1.807, 2.05) is 30.0 Å². The van der Waals surface area contributed by atoms with E-state index in [4.69, 9.17) is 0 Å². The van der Waals surface area contributed by atoms with Crippen LogP contribution in [0.5, 0.6) is 0 Å². The van der Waals surface area contributed by atoms with Gasteiger partial charge in [-0.1, -0.05) is 19.3 Å². The monoisotopic (exact) mass is 495 g/mol. The van der Waals surface area contributed by atoms with E-state index in [1.54, 1.807) is 25.4 Å². The van der Waals surface area contributed by atoms with Crippen molar-refractivity contribution in [2.24, 2.45) is 5.92 Å². The number of carbonyl (C=O) groups is 2. The molecular weight excluding hydrogens is 457 g/mol. The molecule has 1 aliphatic heterocycles. The summed E-state index contributed by atoms with van der Waals surface area (Å²) in [5.74, 6) is -0.238. The number of anilines is 2. The molecule has 0 spiro atoms. The zero-order chi connectivity index (χ0) is 25.7. The van der Waals surface area contributed by atoms with E-state index in [-0.39, 0.29) is 35.6 Å². The van der Waals surface area contributed by atoms with E-state index in [0.717, 1.165) is 55.5 Å². The van der Waals surface area contributed by atoms with Crippen molar-refractivity contribution in [2.45, 2.75) is 70.0 Å². The quantitative estimate of drug-likeness (QED) is 0.570. The van der Waals surface area contributed by atoms with Crippen LogP contribution >= 0.6 is 0 Å². The fraction of sp³-hybridized carbons (Fsp3) is 0.536. The van der Waals surface area contributed by atoms with Crippen LogP contribution in [0, 0.1) is 11.7 Å². The summed E-state index contributed by atoms with van der Waals surface area (Å²) in [5, 5.41) is 6.07. The minimum Gasteiger partial charge on any atom is -0.343 e. The van der Waals surface area contributed by atoms with Crippen LogP contribution in [0.1, 0.15) is 63.5 Å². The van der Waals surface area contributed by atoms with E-state index in [0.29, 0.717) is 6.54 Å². The molecule has 8 heteroatoms. The summed E-state index contributed by atoms with van der Waals surface area (Å²) in [4.78, 5) is 35.1. The molecule has 4 rings (SSSR count). The molecule has 0 unspecified atom stereocenters. The van der Waals surface area contributed by atoms with Crippen molar-refractivity contribution in [1.82, 2.24) is 20.5 Å². The molecule has 2 fully saturated rings. The Morgan fingerprint density at radius 3 is 2.47 bits per heavy atom. The van der Waals surface area contributed by atoms with Crippen LogP contribution in [-0.4, -0.2) is 54.4 Å². The maximum atomic E-state index is 14.0. The average Bonchev–Trinajstić information content (AvgIpc) is 3.41. The molecule has 36 heavy (non-hydrogen) atoms. The number of pyridine rings is 1. The molecule has 194 valence electrons. The first-order valence-corrected chi connectivity index (χ1v) is 13.1. The average molecular weight is 496 g/mol. The molecule has 1 aromatic carbocycles. The number of amides is 2. The molecule has 3 atom stereocenters. The van der Waals surface area contributed by atoms with E-state index in [9.17, 15) is 14.0 Å². The zero-order valence-electron chi connectivity index (χ0n) is 21.5. The van der Waals surface area contributed by atoms with Crippen LogP contribution in [0.2, 0.25) is 0 Å². The van der Waals surface area contributed by atoms with E-state index in [1.165, 1.54) is 18.6 Å². The Balaban J connectivity index is 1.56. The third kappa shape index (κ3) is 5.86. The Hall–Kier alpha value is -3.00. The number of rotatable bonds is 8. The molecule has 2 aliphatic rings. The maximum absolute atomic E-state index is 14.0. The van der Waals surface area contributed by atoms with Gasteiger partial charge < -0.3 is 20.4 Å². The van der Waals surface area contributed by atoms with E-state index >= 15 is 0 Å². The van der Waals surface area contributed by atoms with Gasteiger partial charge in [0.1, 0.15) is 11.9 Å². The molecular formula is C28H38FN5O2. The predicted octanol–water partition coefficient (Wildman–Crippen LogP) is 4.33. The Morgan fingerprint density at radius 2 is 1.78 bits per heavy atom. The fourth-order valence-electron chi connectivity index (χ4n) is 5.44. The lowest BCUT2D eigenvalue weighted by Crippen LogP contribution is -2.55. The number of hydrogen-bond donors (Lipinski definition) is 2. The van der Waals surface area contributed by atoms with Gasteiger partial charge in [-0.3, -0.25) is 14.6 Å². The Bertz CT molecular complexity index is 1040. The molecule has 2 amide bonds. The lowest BCUT2D eigenvalue weighted by Gasteiger charge is -2.35. The summed E-state index contributed by atoms with van der Waals surface area (Å²) in [6, 6.07) is 7.45. The summed E-state index contributed by atoms with van der Waals surface area (Å²) in [6.07, 6.45) is 10.7. The third-order valence-corrected chi connectivity index (χ3v) is 7.78. The number of nitrogens with zero attached hydrogens (tertiary/aromatic N) is 3. The van der Waals surface area contributed by atoms with Crippen LogP contribution < -0.4 is 15.5 Å². The van der Waals surface area contributed by atoms with Gasteiger partial charge >= 0.3 is 0 Å². The van der Waals surface area contributed by atoms with Gasteiger partial charge in [-0.15, -0.1) is 0 Å². The van der Waals surface area contributed by atoms with E-state index in [2.05, 4.69) is 21.7 Å². The molecule has 1 saturated heterocycles. The van der Waals surface area contributed by atoms with Gasteiger partial charge in [0.25, 0.3) is 0 Å². The first kappa shape index (κ1) is 26.1. The van der Waals surface area contributed by atoms with Crippen molar-refractivity contribution >= 4 is 23.2 Å². The Labute approximate surface area is 213 Å². The van der Waals surface area contributed by atoms with Gasteiger partial charge in [0.05, 0.1) is 24.0 Å². The number of benzene rings is 1. The third-order valence-electron chi connectivity index (χ3n) is 7.78. The smallest absolute Gasteiger partial charge is 0.245 e. The van der Waals surface area contributed by atoms with Gasteiger partial charge in [0, 0.05) is 25.5 Å². The number of nitrogens with one attached hydrogen (secondary N) is 2. The SMILES string of the molecule is CN[C@@H](C)C(=O)N[C@H](C(=O)N1CCC[C@H]1c1cncc(N(C)c2ccc(F)cc2)c1)C1CCCCC1. The van der Waals surface area contributed by atoms with Crippen LogP contribution in [0.15, 0.2) is 42.7 Å². The zero-order valence-corrected chi connectivity index (χ0v) is 21.5. The molecule has 1 aromatic heterocycles. The summed E-state index contributed by atoms with van der Waals surface area (Å²) in [7, 11) is 3.67. The predicted molar refractivity (Wildman–Crippen MR) is 139 cm³/mol. The van der Waals surface area contributed by atoms with Crippen LogP contribution in [0.3, 0.4) is 0 Å². The number of halogens is 1. The first-order valence-electron chi connectivity index (χ1n) is 13.1. The molecule has 1 saturated carbocycles. The summed E-state index contributed by atoms with van der Waals surface area (Å²) >= 11 is 0. The highest BCUT2D eigenvalue weighted by molar-refractivity contribution is 5.90. The van der Waals surface area contributed by atoms with Gasteiger partial charge in [0.2, 0.25) is 11.8 Å². The van der Waals surface area contributed by atoms with Gasteiger partial charge in [-0.2, -0.15) is 0 Å². The Kier molecular flexibility index (Phi) is 8.56. The molecule has 1 aliphatic carbocycles. The second kappa shape index (κ2) is 11.8. The fourth-order valence-corrected chi connectivity index (χ4v) is 5.44. The van der Waals surface area contributed by atoms with Crippen LogP contribution in [-0.2, 0) is 9.59 Å². The summed E-state index contributed by atoms with van der Waals surface area (Å²) in [5.41, 5.74) is 2.71. The summed E-state index contributed by atoms with van der Waals surface area (Å²) < 4.78 is 13.4. The van der Waals surface area contributed by atoms with Crippen molar-refractivity contribution in [3.05, 3.63) is 54.1 Å². The van der Waals surface area contributed by atoms with Crippen molar-refractivity contribution in [2.75, 3.05) is 25.5 Å². The maximum Gasteiger partial charge on any atom is 0.245 e. The van der Waals surface area contributed by atoms with E-state index < -0.39 is 6.04 Å². The number of aromatic nitrogens is 1. The van der Waals surface area contributed by atoms with Crippen molar-refractivity contribution in [3.8, 4) is 0 Å². The number of carbonyl (C=O) groups excluding carboxylic acids is 2. The van der Waals surface area contributed by atoms with Gasteiger partial charge in [-0.05, 0) is 81.5 Å². The lowest BCUT2D eigenvalue weighted by atomic mass is 9.83. The highest BCUT2D eigenvalue weighted by Crippen LogP contribution is 2.36. The van der Waals surface area contributed by atoms with Crippen molar-refractivity contribution < 1.29 is 14.0 Å². The van der Waals surface area contributed by atoms with Gasteiger partial charge in [0.15, 0.2) is 0 Å². The molecule has 2 aromatic rings. The minimum absolute atomic E-state index is 0.0124. The molecule has 2 heterocycles. The second-order valence-electron chi connectivity index (χ2n) is 10.1. The van der Waals surface area contributed by atoms with Crippen molar-refractivity contribution in [1.29, 1.82) is 0 Å². The largest absolute Gasteiger partial charge is 0.343 e. The second-order valence-corrected chi connectivity index (χ2v) is 10.1. The normalized spacial score (nSPS) is 20.1. The lowest BCUT2D eigenvalue weighted by molar-refractivity contribution is -0.139. The molecule has 0 radical (unpaired) electrons. The Morgan fingerprint density at radius 1 is 1.06 bits per heavy atom. The molecule has 7 nitrogen and oxygen atoms in total. The summed E-state index contributed by atoms with van der Waals surface area (Å²) in [6.45, 7) is 2.48. The molecule has 0 bridgehead atoms. The topological polar surface area (TPSA) is 77.6 Å². The molecule has 2 N–H and O–H groups in total. The first-order chi connectivity index (χ1) is 17.4. The highest BCUT2D eigenvalue weighted by Gasteiger charge is 2.39. The number of likely N-dealkylation sites (tertiary alicyclic amines) is 1. The van der Waals surface area contributed by atoms with Crippen LogP contribution in [0.4, 0.5) is 15.8 Å². The number of likely N-dealkylation sites (N-methyl/N-ethyl adjacent to an activating group) is 1. The van der Waals surface area contributed by atoms with Crippen molar-refractivity contribution in [3.63, 3.8) is 0 Å². The van der Waals surface area contributed by atoms with Crippen LogP contribution in [0.25, 0.3) is 0 Å². The van der Waals surface area contributed by atoms with Gasteiger partial charge in [-0.25, -0.2) is 4.39 Å². The standard InChI is InChI=1S/C28H38FN5O2/c1-19(30-2)27(35)32-26(20-8-5-4-6-9-20)28(36)34-15-7-10-25(34)21-16-24(18-31-17-21)33(3)23-13-11-22(29)12-14-23/h11-14,16-20,25-26,30H,4-10,15H2,1-3H3,(H,32,35)/t19-,25-,26-/m0/s1. The highest BCUT2D eigenvalue weighted by atomic mass is 19.1. The minimum atomic E-state index is -0.507. The number of hydrogen-bond acceptors (Lipinski definition) is 5.